The summed E-state index contributed by atoms with van der Waals surface area (Å²) in [6, 6.07) is 2.97. The SMILES string of the molecule is COCCN(CCOC)C(=O)c1ccc(C(=O)O)s1. The Bertz CT molecular complexity index is 424. The van der Waals surface area contributed by atoms with Crippen molar-refractivity contribution in [2.75, 3.05) is 40.5 Å². The van der Waals surface area contributed by atoms with E-state index in [2.05, 4.69) is 0 Å². The first-order valence-corrected chi connectivity index (χ1v) is 6.52. The van der Waals surface area contributed by atoms with E-state index in [0.717, 1.165) is 11.3 Å². The molecule has 1 N–H and O–H groups in total. The number of nitrogens with zero attached hydrogens (tertiary/aromatic N) is 1. The highest BCUT2D eigenvalue weighted by molar-refractivity contribution is 7.15. The van der Waals surface area contributed by atoms with Gasteiger partial charge in [-0.1, -0.05) is 0 Å². The van der Waals surface area contributed by atoms with E-state index >= 15 is 0 Å². The summed E-state index contributed by atoms with van der Waals surface area (Å²) in [6.45, 7) is 1.73. The van der Waals surface area contributed by atoms with E-state index < -0.39 is 5.97 Å². The van der Waals surface area contributed by atoms with Crippen LogP contribution in [0.25, 0.3) is 0 Å². The maximum absolute atomic E-state index is 12.2. The fraction of sp³-hybridized carbons (Fsp3) is 0.500. The van der Waals surface area contributed by atoms with Crippen molar-refractivity contribution in [3.05, 3.63) is 21.9 Å². The zero-order valence-electron chi connectivity index (χ0n) is 10.9. The second-order valence-electron chi connectivity index (χ2n) is 3.75. The summed E-state index contributed by atoms with van der Waals surface area (Å²) in [6.07, 6.45) is 0. The van der Waals surface area contributed by atoms with E-state index in [-0.39, 0.29) is 10.8 Å². The van der Waals surface area contributed by atoms with Gasteiger partial charge in [-0.3, -0.25) is 4.79 Å². The average molecular weight is 287 g/mol. The fourth-order valence-corrected chi connectivity index (χ4v) is 2.25. The summed E-state index contributed by atoms with van der Waals surface area (Å²) in [5.41, 5.74) is 0. The van der Waals surface area contributed by atoms with Crippen molar-refractivity contribution in [2.24, 2.45) is 0 Å². The van der Waals surface area contributed by atoms with Gasteiger partial charge in [0, 0.05) is 27.3 Å². The van der Waals surface area contributed by atoms with E-state index in [1.165, 1.54) is 12.1 Å². The number of carbonyl (C=O) groups is 2. The molecule has 1 amide bonds. The van der Waals surface area contributed by atoms with Gasteiger partial charge in [-0.15, -0.1) is 11.3 Å². The molecule has 0 bridgehead atoms. The van der Waals surface area contributed by atoms with Gasteiger partial charge in [-0.25, -0.2) is 4.79 Å². The fourth-order valence-electron chi connectivity index (χ4n) is 1.44. The lowest BCUT2D eigenvalue weighted by Gasteiger charge is -2.21. The normalized spacial score (nSPS) is 10.4. The molecule has 0 atom stereocenters. The third-order valence-corrected chi connectivity index (χ3v) is 3.51. The van der Waals surface area contributed by atoms with Gasteiger partial charge in [0.05, 0.1) is 18.1 Å². The lowest BCUT2D eigenvalue weighted by atomic mass is 10.3. The molecule has 1 heterocycles. The summed E-state index contributed by atoms with van der Waals surface area (Å²) in [5, 5.41) is 8.85. The lowest BCUT2D eigenvalue weighted by Crippen LogP contribution is -2.36. The van der Waals surface area contributed by atoms with Crippen LogP contribution in [0.5, 0.6) is 0 Å². The molecule has 19 heavy (non-hydrogen) atoms. The van der Waals surface area contributed by atoms with Crippen LogP contribution in [-0.2, 0) is 9.47 Å². The Balaban J connectivity index is 2.75. The highest BCUT2D eigenvalue weighted by Gasteiger charge is 2.18. The van der Waals surface area contributed by atoms with E-state index in [1.807, 2.05) is 0 Å². The first kappa shape index (κ1) is 15.6. The maximum Gasteiger partial charge on any atom is 0.345 e. The van der Waals surface area contributed by atoms with Crippen molar-refractivity contribution in [3.63, 3.8) is 0 Å². The Labute approximate surface area is 115 Å². The van der Waals surface area contributed by atoms with Crippen LogP contribution in [0, 0.1) is 0 Å². The quantitative estimate of drug-likeness (QED) is 0.777. The minimum Gasteiger partial charge on any atom is -0.477 e. The summed E-state index contributed by atoms with van der Waals surface area (Å²) in [5.74, 6) is -1.23. The molecule has 1 rings (SSSR count). The minimum atomic E-state index is -1.02. The zero-order chi connectivity index (χ0) is 14.3. The van der Waals surface area contributed by atoms with Crippen LogP contribution >= 0.6 is 11.3 Å². The molecule has 1 aromatic heterocycles. The van der Waals surface area contributed by atoms with Gasteiger partial charge in [0.15, 0.2) is 0 Å². The molecule has 0 aliphatic carbocycles. The molecule has 0 aliphatic rings. The zero-order valence-corrected chi connectivity index (χ0v) is 11.7. The van der Waals surface area contributed by atoms with Crippen LogP contribution in [0.1, 0.15) is 19.3 Å². The maximum atomic E-state index is 12.2. The number of ether oxygens (including phenoxy) is 2. The van der Waals surface area contributed by atoms with Crippen molar-refractivity contribution in [1.82, 2.24) is 4.90 Å². The highest BCUT2D eigenvalue weighted by Crippen LogP contribution is 2.18. The van der Waals surface area contributed by atoms with E-state index in [9.17, 15) is 9.59 Å². The van der Waals surface area contributed by atoms with Crippen LogP contribution in [0.15, 0.2) is 12.1 Å². The Kier molecular flexibility index (Phi) is 6.48. The molecule has 7 heteroatoms. The smallest absolute Gasteiger partial charge is 0.345 e. The number of rotatable bonds is 8. The number of carboxylic acids is 1. The van der Waals surface area contributed by atoms with Crippen molar-refractivity contribution < 1.29 is 24.2 Å². The van der Waals surface area contributed by atoms with E-state index in [1.54, 1.807) is 19.1 Å². The largest absolute Gasteiger partial charge is 0.477 e. The predicted molar refractivity (Wildman–Crippen MR) is 70.9 cm³/mol. The number of methoxy groups -OCH3 is 2. The van der Waals surface area contributed by atoms with Gasteiger partial charge in [-0.2, -0.15) is 0 Å². The summed E-state index contributed by atoms with van der Waals surface area (Å²) in [7, 11) is 3.12. The molecule has 0 unspecified atom stereocenters. The molecule has 0 aliphatic heterocycles. The minimum absolute atomic E-state index is 0.154. The first-order valence-electron chi connectivity index (χ1n) is 5.70. The standard InChI is InChI=1S/C12H17NO5S/c1-17-7-5-13(6-8-18-2)11(14)9-3-4-10(19-9)12(15)16/h3-4H,5-8H2,1-2H3,(H,15,16). The monoisotopic (exact) mass is 287 g/mol. The lowest BCUT2D eigenvalue weighted by molar-refractivity contribution is 0.0631. The number of amides is 1. The van der Waals surface area contributed by atoms with E-state index in [0.29, 0.717) is 31.2 Å². The Morgan fingerprint density at radius 1 is 1.16 bits per heavy atom. The van der Waals surface area contributed by atoms with Crippen LogP contribution in [0.2, 0.25) is 0 Å². The second kappa shape index (κ2) is 7.88. The van der Waals surface area contributed by atoms with Gasteiger partial charge < -0.3 is 19.5 Å². The van der Waals surface area contributed by atoms with Gasteiger partial charge in [0.2, 0.25) is 0 Å². The van der Waals surface area contributed by atoms with Crippen molar-refractivity contribution in [2.45, 2.75) is 0 Å². The molecule has 106 valence electrons. The van der Waals surface area contributed by atoms with Crippen molar-refractivity contribution in [1.29, 1.82) is 0 Å². The molecule has 0 saturated carbocycles. The Morgan fingerprint density at radius 3 is 2.11 bits per heavy atom. The predicted octanol–water partition coefficient (Wildman–Crippen LogP) is 1.18. The van der Waals surface area contributed by atoms with Gasteiger partial charge >= 0.3 is 5.97 Å². The number of aromatic carboxylic acids is 1. The Morgan fingerprint density at radius 2 is 1.68 bits per heavy atom. The van der Waals surface area contributed by atoms with Crippen molar-refractivity contribution in [3.8, 4) is 0 Å². The molecule has 0 saturated heterocycles. The van der Waals surface area contributed by atoms with Crippen LogP contribution in [0.3, 0.4) is 0 Å². The summed E-state index contributed by atoms with van der Waals surface area (Å²) < 4.78 is 9.91. The Hall–Kier alpha value is -1.44. The molecular weight excluding hydrogens is 270 g/mol. The average Bonchev–Trinajstić information content (AvgIpc) is 2.88. The molecular formula is C12H17NO5S. The van der Waals surface area contributed by atoms with Crippen molar-refractivity contribution >= 4 is 23.2 Å². The molecule has 0 spiro atoms. The molecule has 0 aromatic carbocycles. The third-order valence-electron chi connectivity index (χ3n) is 2.45. The number of hydrogen-bond acceptors (Lipinski definition) is 5. The number of thiophene rings is 1. The van der Waals surface area contributed by atoms with E-state index in [4.69, 9.17) is 14.6 Å². The van der Waals surface area contributed by atoms with Crippen LogP contribution in [0.4, 0.5) is 0 Å². The topological polar surface area (TPSA) is 76.1 Å². The molecule has 0 fully saturated rings. The van der Waals surface area contributed by atoms with Gasteiger partial charge in [0.1, 0.15) is 4.88 Å². The second-order valence-corrected chi connectivity index (χ2v) is 4.83. The third kappa shape index (κ3) is 4.62. The summed E-state index contributed by atoms with van der Waals surface area (Å²) in [4.78, 5) is 25.2. The number of hydrogen-bond donors (Lipinski definition) is 1. The molecule has 1 aromatic rings. The first-order chi connectivity index (χ1) is 9.10. The number of carboxylic acid groups (broad SMARTS) is 1. The van der Waals surface area contributed by atoms with Gasteiger partial charge in [-0.05, 0) is 12.1 Å². The summed E-state index contributed by atoms with van der Waals surface area (Å²) >= 11 is 0.972. The molecule has 6 nitrogen and oxygen atoms in total. The van der Waals surface area contributed by atoms with Crippen LogP contribution < -0.4 is 0 Å². The van der Waals surface area contributed by atoms with Crippen LogP contribution in [-0.4, -0.2) is 62.4 Å². The number of carbonyl (C=O) groups excluding carboxylic acids is 1. The highest BCUT2D eigenvalue weighted by atomic mass is 32.1. The molecule has 0 radical (unpaired) electrons. The van der Waals surface area contributed by atoms with Gasteiger partial charge in [0.25, 0.3) is 5.91 Å².